The molecular weight excluding hydrogens is 190 g/mol. The van der Waals surface area contributed by atoms with Crippen LogP contribution in [-0.2, 0) is 0 Å². The maximum absolute atomic E-state index is 5.61. The van der Waals surface area contributed by atoms with Crippen LogP contribution in [0.2, 0.25) is 0 Å². The number of aromatic amines is 1. The summed E-state index contributed by atoms with van der Waals surface area (Å²) in [7, 11) is 0. The summed E-state index contributed by atoms with van der Waals surface area (Å²) in [6.45, 7) is 4.39. The van der Waals surface area contributed by atoms with E-state index in [0.717, 1.165) is 22.6 Å². The molecule has 0 fully saturated rings. The number of nitrogens with one attached hydrogen (secondary N) is 1. The van der Waals surface area contributed by atoms with Gasteiger partial charge in [0.2, 0.25) is 0 Å². The minimum atomic E-state index is 0.0338. The molecule has 4 heteroatoms. The summed E-state index contributed by atoms with van der Waals surface area (Å²) in [6, 6.07) is 5.80. The van der Waals surface area contributed by atoms with Crippen LogP contribution in [0.3, 0.4) is 0 Å². The van der Waals surface area contributed by atoms with E-state index in [1.807, 2.05) is 32.0 Å². The Morgan fingerprint density at radius 1 is 1.53 bits per heavy atom. The molecule has 0 radical (unpaired) electrons. The lowest BCUT2D eigenvalue weighted by Gasteiger charge is -2.11. The third-order valence-corrected chi connectivity index (χ3v) is 2.24. The van der Waals surface area contributed by atoms with Crippen LogP contribution >= 0.6 is 0 Å². The molecule has 0 saturated heterocycles. The molecule has 1 atom stereocenters. The van der Waals surface area contributed by atoms with Gasteiger partial charge in [-0.2, -0.15) is 0 Å². The Hall–Kier alpha value is -1.55. The van der Waals surface area contributed by atoms with E-state index in [1.54, 1.807) is 0 Å². The van der Waals surface area contributed by atoms with Crippen LogP contribution in [0.15, 0.2) is 18.2 Å². The Balaban J connectivity index is 2.30. The van der Waals surface area contributed by atoms with Gasteiger partial charge in [-0.25, -0.2) is 4.98 Å². The van der Waals surface area contributed by atoms with Crippen LogP contribution in [0, 0.1) is 6.92 Å². The molecule has 4 nitrogen and oxygen atoms in total. The van der Waals surface area contributed by atoms with Crippen molar-refractivity contribution in [2.24, 2.45) is 5.73 Å². The fraction of sp³-hybridized carbons (Fsp3) is 0.364. The number of imidazole rings is 1. The van der Waals surface area contributed by atoms with Crippen LogP contribution < -0.4 is 10.5 Å². The Bertz CT molecular complexity index is 464. The number of ether oxygens (including phenoxy) is 1. The molecule has 1 unspecified atom stereocenters. The monoisotopic (exact) mass is 205 g/mol. The number of hydrogen-bond donors (Lipinski definition) is 2. The molecule has 0 aliphatic heterocycles. The van der Waals surface area contributed by atoms with E-state index < -0.39 is 0 Å². The van der Waals surface area contributed by atoms with Gasteiger partial charge >= 0.3 is 0 Å². The fourth-order valence-corrected chi connectivity index (χ4v) is 1.47. The predicted molar refractivity (Wildman–Crippen MR) is 60.0 cm³/mol. The Morgan fingerprint density at radius 3 is 3.07 bits per heavy atom. The second kappa shape index (κ2) is 3.90. The van der Waals surface area contributed by atoms with Crippen molar-refractivity contribution in [3.8, 4) is 5.75 Å². The van der Waals surface area contributed by atoms with Crippen LogP contribution in [0.25, 0.3) is 11.0 Å². The number of aryl methyl sites for hydroxylation is 1. The summed E-state index contributed by atoms with van der Waals surface area (Å²) in [5.74, 6) is 1.73. The highest BCUT2D eigenvalue weighted by Crippen LogP contribution is 2.19. The van der Waals surface area contributed by atoms with E-state index in [4.69, 9.17) is 10.5 Å². The number of hydrogen-bond acceptors (Lipinski definition) is 3. The van der Waals surface area contributed by atoms with E-state index in [1.165, 1.54) is 0 Å². The Morgan fingerprint density at radius 2 is 2.33 bits per heavy atom. The summed E-state index contributed by atoms with van der Waals surface area (Å²) in [6.07, 6.45) is 0.0338. The normalized spacial score (nSPS) is 13.0. The first kappa shape index (κ1) is 9.98. The van der Waals surface area contributed by atoms with E-state index in [2.05, 4.69) is 9.97 Å². The molecular formula is C11H15N3O. The summed E-state index contributed by atoms with van der Waals surface area (Å²) in [5.41, 5.74) is 7.44. The minimum absolute atomic E-state index is 0.0338. The maximum Gasteiger partial charge on any atom is 0.122 e. The van der Waals surface area contributed by atoms with Gasteiger partial charge in [0.25, 0.3) is 0 Å². The fourth-order valence-electron chi connectivity index (χ4n) is 1.47. The first-order valence-corrected chi connectivity index (χ1v) is 5.02. The Kier molecular flexibility index (Phi) is 2.60. The van der Waals surface area contributed by atoms with Crippen molar-refractivity contribution in [3.63, 3.8) is 0 Å². The van der Waals surface area contributed by atoms with Crippen molar-refractivity contribution in [3.05, 3.63) is 24.0 Å². The molecule has 15 heavy (non-hydrogen) atoms. The van der Waals surface area contributed by atoms with Crippen LogP contribution in [0.5, 0.6) is 5.75 Å². The standard InChI is InChI=1S/C11H15N3O/c1-7(6-12)15-9-3-4-10-11(5-9)14-8(2)13-10/h3-5,7H,6,12H2,1-2H3,(H,13,14). The second-order valence-corrected chi connectivity index (χ2v) is 3.67. The molecule has 1 heterocycles. The van der Waals surface area contributed by atoms with Gasteiger partial charge in [-0.3, -0.25) is 0 Å². The lowest BCUT2D eigenvalue weighted by molar-refractivity contribution is 0.230. The van der Waals surface area contributed by atoms with Crippen molar-refractivity contribution >= 4 is 11.0 Å². The zero-order chi connectivity index (χ0) is 10.8. The molecule has 2 aromatic rings. The van der Waals surface area contributed by atoms with Crippen LogP contribution in [-0.4, -0.2) is 22.6 Å². The smallest absolute Gasteiger partial charge is 0.122 e. The highest BCUT2D eigenvalue weighted by atomic mass is 16.5. The van der Waals surface area contributed by atoms with Gasteiger partial charge in [-0.05, 0) is 26.0 Å². The van der Waals surface area contributed by atoms with E-state index >= 15 is 0 Å². The van der Waals surface area contributed by atoms with Gasteiger partial charge in [-0.1, -0.05) is 0 Å². The van der Waals surface area contributed by atoms with Crippen molar-refractivity contribution in [2.75, 3.05) is 6.54 Å². The minimum Gasteiger partial charge on any atom is -0.489 e. The molecule has 80 valence electrons. The number of aromatic nitrogens is 2. The lowest BCUT2D eigenvalue weighted by atomic mass is 10.3. The van der Waals surface area contributed by atoms with Gasteiger partial charge in [0.1, 0.15) is 17.7 Å². The summed E-state index contributed by atoms with van der Waals surface area (Å²) < 4.78 is 5.61. The molecule has 0 aliphatic rings. The second-order valence-electron chi connectivity index (χ2n) is 3.67. The summed E-state index contributed by atoms with van der Waals surface area (Å²) >= 11 is 0. The summed E-state index contributed by atoms with van der Waals surface area (Å²) in [4.78, 5) is 7.49. The highest BCUT2D eigenvalue weighted by molar-refractivity contribution is 5.76. The van der Waals surface area contributed by atoms with Gasteiger partial charge < -0.3 is 15.5 Å². The molecule has 0 spiro atoms. The first-order chi connectivity index (χ1) is 7.19. The molecule has 1 aromatic carbocycles. The molecule has 3 N–H and O–H groups in total. The third-order valence-electron chi connectivity index (χ3n) is 2.24. The molecule has 0 amide bonds. The van der Waals surface area contributed by atoms with Gasteiger partial charge in [0.15, 0.2) is 0 Å². The van der Waals surface area contributed by atoms with Gasteiger partial charge in [0.05, 0.1) is 11.0 Å². The highest BCUT2D eigenvalue weighted by Gasteiger charge is 2.04. The molecule has 0 aliphatic carbocycles. The summed E-state index contributed by atoms with van der Waals surface area (Å²) in [5, 5.41) is 0. The van der Waals surface area contributed by atoms with E-state index in [0.29, 0.717) is 6.54 Å². The predicted octanol–water partition coefficient (Wildman–Crippen LogP) is 1.60. The maximum atomic E-state index is 5.61. The number of benzene rings is 1. The first-order valence-electron chi connectivity index (χ1n) is 5.02. The van der Waals surface area contributed by atoms with Gasteiger partial charge in [-0.15, -0.1) is 0 Å². The zero-order valence-electron chi connectivity index (χ0n) is 8.95. The Labute approximate surface area is 88.5 Å². The van der Waals surface area contributed by atoms with Crippen LogP contribution in [0.4, 0.5) is 0 Å². The van der Waals surface area contributed by atoms with E-state index in [-0.39, 0.29) is 6.10 Å². The number of nitrogens with two attached hydrogens (primary N) is 1. The van der Waals surface area contributed by atoms with Gasteiger partial charge in [0, 0.05) is 12.6 Å². The number of fused-ring (bicyclic) bond motifs is 1. The lowest BCUT2D eigenvalue weighted by Crippen LogP contribution is -2.22. The number of nitrogens with zero attached hydrogens (tertiary/aromatic N) is 1. The average Bonchev–Trinajstić information content (AvgIpc) is 2.57. The molecule has 2 rings (SSSR count). The van der Waals surface area contributed by atoms with Crippen molar-refractivity contribution in [1.29, 1.82) is 0 Å². The van der Waals surface area contributed by atoms with Crippen molar-refractivity contribution in [1.82, 2.24) is 9.97 Å². The molecule has 0 bridgehead atoms. The number of rotatable bonds is 3. The molecule has 0 saturated carbocycles. The average molecular weight is 205 g/mol. The molecule has 1 aromatic heterocycles. The van der Waals surface area contributed by atoms with Crippen molar-refractivity contribution in [2.45, 2.75) is 20.0 Å². The SMILES string of the molecule is Cc1nc2ccc(OC(C)CN)cc2[nH]1. The quantitative estimate of drug-likeness (QED) is 0.799. The largest absolute Gasteiger partial charge is 0.489 e. The van der Waals surface area contributed by atoms with Crippen LogP contribution in [0.1, 0.15) is 12.7 Å². The van der Waals surface area contributed by atoms with E-state index in [9.17, 15) is 0 Å². The zero-order valence-corrected chi connectivity index (χ0v) is 8.95. The topological polar surface area (TPSA) is 63.9 Å². The third kappa shape index (κ3) is 2.10. The number of H-pyrrole nitrogens is 1. The van der Waals surface area contributed by atoms with Crippen molar-refractivity contribution < 1.29 is 4.74 Å².